The highest BCUT2D eigenvalue weighted by Gasteiger charge is 2.26. The average Bonchev–Trinajstić information content (AvgIpc) is 2.36. The van der Waals surface area contributed by atoms with Crippen LogP contribution in [0.25, 0.3) is 0 Å². The fourth-order valence-corrected chi connectivity index (χ4v) is 2.57. The first-order chi connectivity index (χ1) is 9.44. The second-order valence-corrected chi connectivity index (χ2v) is 6.48. The van der Waals surface area contributed by atoms with E-state index in [4.69, 9.17) is 4.74 Å². The molecule has 2 rings (SSSR count). The second-order valence-electron chi connectivity index (χ2n) is 6.48. The van der Waals surface area contributed by atoms with Crippen molar-refractivity contribution in [3.8, 4) is 0 Å². The summed E-state index contributed by atoms with van der Waals surface area (Å²) in [6.45, 7) is 7.14. The van der Waals surface area contributed by atoms with E-state index in [1.54, 1.807) is 6.07 Å². The number of halogens is 1. The second kappa shape index (κ2) is 6.68. The van der Waals surface area contributed by atoms with Crippen LogP contribution in [0.1, 0.15) is 39.2 Å². The summed E-state index contributed by atoms with van der Waals surface area (Å²) < 4.78 is 19.5. The summed E-state index contributed by atoms with van der Waals surface area (Å²) in [5.41, 5.74) is 0.662. The van der Waals surface area contributed by atoms with Gasteiger partial charge in [-0.2, -0.15) is 0 Å². The normalized spacial score (nSPS) is 23.8. The van der Waals surface area contributed by atoms with Crippen molar-refractivity contribution in [2.45, 2.75) is 51.9 Å². The maximum atomic E-state index is 13.6. The van der Waals surface area contributed by atoms with Crippen molar-refractivity contribution in [2.75, 3.05) is 6.54 Å². The highest BCUT2D eigenvalue weighted by molar-refractivity contribution is 5.17. The summed E-state index contributed by atoms with van der Waals surface area (Å²) in [6, 6.07) is 7.05. The molecule has 2 nitrogen and oxygen atoms in total. The maximum absolute atomic E-state index is 13.6. The summed E-state index contributed by atoms with van der Waals surface area (Å²) in [5, 5.41) is 3.36. The van der Waals surface area contributed by atoms with Crippen LogP contribution in [0, 0.1) is 18.2 Å². The molecule has 0 bridgehead atoms. The quantitative estimate of drug-likeness (QED) is 0.906. The zero-order valence-corrected chi connectivity index (χ0v) is 12.7. The first-order valence-corrected chi connectivity index (χ1v) is 7.44. The van der Waals surface area contributed by atoms with E-state index in [1.807, 2.05) is 12.1 Å². The van der Waals surface area contributed by atoms with E-state index >= 15 is 0 Å². The van der Waals surface area contributed by atoms with E-state index in [2.05, 4.69) is 32.5 Å². The monoisotopic (exact) mass is 278 g/mol. The standard InChI is InChI=1S/C17H25FNO/c1-17(2,3)20-16-12-13(10-11-19-16)8-9-14-6-4-5-7-15(14)18/h4-7,12-13,16,19H,8-11H2,1-3H3. The van der Waals surface area contributed by atoms with Crippen molar-refractivity contribution in [3.05, 3.63) is 42.1 Å². The van der Waals surface area contributed by atoms with Crippen LogP contribution in [0.2, 0.25) is 0 Å². The molecule has 3 heteroatoms. The molecule has 0 saturated carbocycles. The average molecular weight is 278 g/mol. The first-order valence-electron chi connectivity index (χ1n) is 7.44. The van der Waals surface area contributed by atoms with Gasteiger partial charge in [-0.05, 0) is 64.1 Å². The van der Waals surface area contributed by atoms with Gasteiger partial charge in [-0.3, -0.25) is 5.32 Å². The minimum absolute atomic E-state index is 0.00868. The molecule has 1 saturated heterocycles. The predicted molar refractivity (Wildman–Crippen MR) is 79.8 cm³/mol. The van der Waals surface area contributed by atoms with E-state index in [0.717, 1.165) is 31.4 Å². The lowest BCUT2D eigenvalue weighted by molar-refractivity contribution is -0.0695. The fourth-order valence-electron chi connectivity index (χ4n) is 2.57. The number of ether oxygens (including phenoxy) is 1. The number of nitrogens with one attached hydrogen (secondary N) is 1. The van der Waals surface area contributed by atoms with Gasteiger partial charge >= 0.3 is 0 Å². The van der Waals surface area contributed by atoms with Gasteiger partial charge in [-0.1, -0.05) is 18.2 Å². The molecule has 0 aliphatic carbocycles. The van der Waals surface area contributed by atoms with Gasteiger partial charge in [-0.15, -0.1) is 0 Å². The number of aryl methyl sites for hydroxylation is 1. The molecule has 0 aromatic heterocycles. The highest BCUT2D eigenvalue weighted by Crippen LogP contribution is 2.24. The van der Waals surface area contributed by atoms with Crippen molar-refractivity contribution in [1.29, 1.82) is 0 Å². The third-order valence-corrected chi connectivity index (χ3v) is 3.53. The third-order valence-electron chi connectivity index (χ3n) is 3.53. The Morgan fingerprint density at radius 1 is 1.30 bits per heavy atom. The maximum Gasteiger partial charge on any atom is 0.126 e. The zero-order valence-electron chi connectivity index (χ0n) is 12.7. The smallest absolute Gasteiger partial charge is 0.126 e. The van der Waals surface area contributed by atoms with Gasteiger partial charge in [0.1, 0.15) is 12.0 Å². The Kier molecular flexibility index (Phi) is 5.17. The molecule has 20 heavy (non-hydrogen) atoms. The van der Waals surface area contributed by atoms with Crippen molar-refractivity contribution >= 4 is 0 Å². The van der Waals surface area contributed by atoms with Crippen LogP contribution in [0.5, 0.6) is 0 Å². The van der Waals surface area contributed by atoms with Gasteiger partial charge in [0.2, 0.25) is 0 Å². The molecule has 1 N–H and O–H groups in total. The number of benzene rings is 1. The molecule has 1 fully saturated rings. The molecular weight excluding hydrogens is 253 g/mol. The molecule has 1 aliphatic heterocycles. The van der Waals surface area contributed by atoms with E-state index in [9.17, 15) is 4.39 Å². The van der Waals surface area contributed by atoms with Crippen molar-refractivity contribution in [3.63, 3.8) is 0 Å². The number of rotatable bonds is 4. The Morgan fingerprint density at radius 2 is 2.05 bits per heavy atom. The molecule has 1 heterocycles. The predicted octanol–water partition coefficient (Wildman–Crippen LogP) is 3.71. The fraction of sp³-hybridized carbons (Fsp3) is 0.588. The minimum atomic E-state index is -0.151. The van der Waals surface area contributed by atoms with Crippen LogP contribution >= 0.6 is 0 Å². The van der Waals surface area contributed by atoms with Crippen LogP contribution in [0.15, 0.2) is 24.3 Å². The number of piperidine rings is 1. The van der Waals surface area contributed by atoms with Gasteiger partial charge in [-0.25, -0.2) is 4.39 Å². The lowest BCUT2D eigenvalue weighted by Gasteiger charge is -2.34. The first kappa shape index (κ1) is 15.5. The molecule has 1 aromatic rings. The van der Waals surface area contributed by atoms with Crippen molar-refractivity contribution in [2.24, 2.45) is 5.92 Å². The van der Waals surface area contributed by atoms with E-state index < -0.39 is 0 Å². The van der Waals surface area contributed by atoms with E-state index in [-0.39, 0.29) is 17.6 Å². The Bertz CT molecular complexity index is 427. The molecule has 1 radical (unpaired) electrons. The van der Waals surface area contributed by atoms with Gasteiger partial charge < -0.3 is 4.74 Å². The van der Waals surface area contributed by atoms with Crippen LogP contribution in [-0.2, 0) is 11.2 Å². The molecule has 111 valence electrons. The van der Waals surface area contributed by atoms with Gasteiger partial charge in [0.25, 0.3) is 0 Å². The summed E-state index contributed by atoms with van der Waals surface area (Å²) in [4.78, 5) is 0. The highest BCUT2D eigenvalue weighted by atomic mass is 19.1. The van der Waals surface area contributed by atoms with Crippen LogP contribution in [-0.4, -0.2) is 18.4 Å². The molecule has 0 amide bonds. The summed E-state index contributed by atoms with van der Waals surface area (Å²) in [7, 11) is 0. The Hall–Kier alpha value is -0.930. The Morgan fingerprint density at radius 3 is 2.75 bits per heavy atom. The SMILES string of the molecule is CC(C)(C)OC1[CH]C(CCc2ccccc2F)CCN1. The molecule has 2 unspecified atom stereocenters. The van der Waals surface area contributed by atoms with Gasteiger partial charge in [0, 0.05) is 6.42 Å². The lowest BCUT2D eigenvalue weighted by atomic mass is 9.90. The van der Waals surface area contributed by atoms with Crippen LogP contribution in [0.3, 0.4) is 0 Å². The largest absolute Gasteiger partial charge is 0.357 e. The zero-order chi connectivity index (χ0) is 14.6. The molecule has 2 atom stereocenters. The lowest BCUT2D eigenvalue weighted by Crippen LogP contribution is -2.44. The van der Waals surface area contributed by atoms with Gasteiger partial charge in [0.05, 0.1) is 5.60 Å². The van der Waals surface area contributed by atoms with Crippen molar-refractivity contribution < 1.29 is 9.13 Å². The molecular formula is C17H25FNO. The topological polar surface area (TPSA) is 21.3 Å². The van der Waals surface area contributed by atoms with E-state index in [1.165, 1.54) is 6.07 Å². The molecule has 1 aliphatic rings. The van der Waals surface area contributed by atoms with Crippen LogP contribution < -0.4 is 5.32 Å². The number of hydrogen-bond acceptors (Lipinski definition) is 2. The molecule has 1 aromatic carbocycles. The van der Waals surface area contributed by atoms with Crippen LogP contribution in [0.4, 0.5) is 4.39 Å². The van der Waals surface area contributed by atoms with Gasteiger partial charge in [0.15, 0.2) is 0 Å². The van der Waals surface area contributed by atoms with Crippen molar-refractivity contribution in [1.82, 2.24) is 5.32 Å². The third kappa shape index (κ3) is 4.88. The minimum Gasteiger partial charge on any atom is -0.357 e. The Labute approximate surface area is 121 Å². The van der Waals surface area contributed by atoms with E-state index in [0.29, 0.717) is 5.92 Å². The number of hydrogen-bond donors (Lipinski definition) is 1. The summed E-state index contributed by atoms with van der Waals surface area (Å²) in [5.74, 6) is 0.395. The summed E-state index contributed by atoms with van der Waals surface area (Å²) in [6.07, 6.45) is 5.10. The summed E-state index contributed by atoms with van der Waals surface area (Å²) >= 11 is 0. The molecule has 0 spiro atoms. The Balaban J connectivity index is 1.83.